The first-order valence-electron chi connectivity index (χ1n) is 6.58. The van der Waals surface area contributed by atoms with Gasteiger partial charge in [0, 0.05) is 11.5 Å². The second-order valence-electron chi connectivity index (χ2n) is 4.81. The van der Waals surface area contributed by atoms with Gasteiger partial charge in [-0.25, -0.2) is 0 Å². The Kier molecular flexibility index (Phi) is 4.53. The first-order valence-corrected chi connectivity index (χ1v) is 6.58. The van der Waals surface area contributed by atoms with E-state index in [9.17, 15) is 18.3 Å². The smallest absolute Gasteiger partial charge is 0.416 e. The lowest BCUT2D eigenvalue weighted by molar-refractivity contribution is -0.137. The molecule has 0 aliphatic rings. The van der Waals surface area contributed by atoms with Crippen LogP contribution >= 0.6 is 0 Å². The third-order valence-corrected chi connectivity index (χ3v) is 3.39. The van der Waals surface area contributed by atoms with Crippen LogP contribution < -0.4 is 5.73 Å². The number of hydrogen-bond acceptors (Lipinski definition) is 2. The molecule has 2 aromatic carbocycles. The number of hydrogen-bond donors (Lipinski definition) is 2. The van der Waals surface area contributed by atoms with Crippen LogP contribution in [0.3, 0.4) is 0 Å². The predicted molar refractivity (Wildman–Crippen MR) is 75.1 cm³/mol. The third-order valence-electron chi connectivity index (χ3n) is 3.39. The Morgan fingerprint density at radius 2 is 1.71 bits per heavy atom. The standard InChI is InChI=1S/C16H16F3NO/c17-16(18,19)12-6-7-15(21)14(10-12)13(8-9-20)11-4-2-1-3-5-11/h1-7,10,13,21H,8-9,20H2. The van der Waals surface area contributed by atoms with Crippen LogP contribution in [-0.2, 0) is 6.18 Å². The van der Waals surface area contributed by atoms with Crippen LogP contribution in [0.25, 0.3) is 0 Å². The van der Waals surface area contributed by atoms with Crippen molar-refractivity contribution in [2.75, 3.05) is 6.54 Å². The highest BCUT2D eigenvalue weighted by atomic mass is 19.4. The van der Waals surface area contributed by atoms with E-state index in [1.807, 2.05) is 30.3 Å². The predicted octanol–water partition coefficient (Wildman–Crippen LogP) is 3.89. The van der Waals surface area contributed by atoms with Crippen LogP contribution in [0.15, 0.2) is 48.5 Å². The van der Waals surface area contributed by atoms with Crippen molar-refractivity contribution < 1.29 is 18.3 Å². The summed E-state index contributed by atoms with van der Waals surface area (Å²) in [6, 6.07) is 12.1. The van der Waals surface area contributed by atoms with Crippen molar-refractivity contribution in [2.45, 2.75) is 18.5 Å². The fourth-order valence-electron chi connectivity index (χ4n) is 2.36. The minimum atomic E-state index is -4.44. The highest BCUT2D eigenvalue weighted by Crippen LogP contribution is 2.38. The molecule has 0 saturated carbocycles. The van der Waals surface area contributed by atoms with Gasteiger partial charge in [-0.05, 0) is 36.7 Å². The molecule has 2 rings (SSSR count). The lowest BCUT2D eigenvalue weighted by atomic mass is 9.87. The number of rotatable bonds is 4. The summed E-state index contributed by atoms with van der Waals surface area (Å²) in [4.78, 5) is 0. The van der Waals surface area contributed by atoms with Gasteiger partial charge < -0.3 is 10.8 Å². The second kappa shape index (κ2) is 6.18. The van der Waals surface area contributed by atoms with Gasteiger partial charge in [0.15, 0.2) is 0 Å². The van der Waals surface area contributed by atoms with Crippen LogP contribution in [0.2, 0.25) is 0 Å². The van der Waals surface area contributed by atoms with Gasteiger partial charge in [0.1, 0.15) is 5.75 Å². The van der Waals surface area contributed by atoms with E-state index in [4.69, 9.17) is 5.73 Å². The molecule has 0 spiro atoms. The summed E-state index contributed by atoms with van der Waals surface area (Å²) < 4.78 is 38.5. The molecule has 0 aromatic heterocycles. The molecule has 1 unspecified atom stereocenters. The summed E-state index contributed by atoms with van der Waals surface area (Å²) in [7, 11) is 0. The van der Waals surface area contributed by atoms with E-state index < -0.39 is 11.7 Å². The zero-order chi connectivity index (χ0) is 15.5. The Morgan fingerprint density at radius 3 is 2.29 bits per heavy atom. The topological polar surface area (TPSA) is 46.2 Å². The van der Waals surface area contributed by atoms with Gasteiger partial charge in [-0.15, -0.1) is 0 Å². The van der Waals surface area contributed by atoms with Gasteiger partial charge in [-0.3, -0.25) is 0 Å². The Bertz CT molecular complexity index is 596. The summed E-state index contributed by atoms with van der Waals surface area (Å²) in [5.41, 5.74) is 5.89. The molecule has 0 amide bonds. The van der Waals surface area contributed by atoms with E-state index in [2.05, 4.69) is 0 Å². The Balaban J connectivity index is 2.50. The SMILES string of the molecule is NCCC(c1ccccc1)c1cc(C(F)(F)F)ccc1O. The average Bonchev–Trinajstić information content (AvgIpc) is 2.45. The van der Waals surface area contributed by atoms with Crippen molar-refractivity contribution in [3.05, 3.63) is 65.2 Å². The molecule has 0 aliphatic heterocycles. The zero-order valence-corrected chi connectivity index (χ0v) is 11.3. The van der Waals surface area contributed by atoms with Crippen LogP contribution in [-0.4, -0.2) is 11.7 Å². The molecule has 2 aromatic rings. The van der Waals surface area contributed by atoms with Crippen molar-refractivity contribution in [3.8, 4) is 5.75 Å². The van der Waals surface area contributed by atoms with Crippen LogP contribution in [0.4, 0.5) is 13.2 Å². The van der Waals surface area contributed by atoms with Crippen molar-refractivity contribution in [1.29, 1.82) is 0 Å². The lowest BCUT2D eigenvalue weighted by Crippen LogP contribution is -2.11. The summed E-state index contributed by atoms with van der Waals surface area (Å²) in [6.45, 7) is 0.315. The Hall–Kier alpha value is -2.01. The van der Waals surface area contributed by atoms with Gasteiger partial charge in [0.05, 0.1) is 5.56 Å². The molecule has 3 N–H and O–H groups in total. The Labute approximate surface area is 121 Å². The molecule has 0 radical (unpaired) electrons. The number of benzene rings is 2. The van der Waals surface area contributed by atoms with E-state index in [1.54, 1.807) is 0 Å². The summed E-state index contributed by atoms with van der Waals surface area (Å²) in [5, 5.41) is 9.95. The molecule has 0 fully saturated rings. The van der Waals surface area contributed by atoms with Gasteiger partial charge >= 0.3 is 6.18 Å². The number of phenols is 1. The van der Waals surface area contributed by atoms with E-state index >= 15 is 0 Å². The maximum atomic E-state index is 12.8. The Morgan fingerprint density at radius 1 is 1.05 bits per heavy atom. The highest BCUT2D eigenvalue weighted by molar-refractivity contribution is 5.44. The van der Waals surface area contributed by atoms with Crippen LogP contribution in [0.1, 0.15) is 29.0 Å². The average molecular weight is 295 g/mol. The van der Waals surface area contributed by atoms with Crippen LogP contribution in [0.5, 0.6) is 5.75 Å². The van der Waals surface area contributed by atoms with E-state index in [1.165, 1.54) is 0 Å². The molecule has 112 valence electrons. The monoisotopic (exact) mass is 295 g/mol. The molecular formula is C16H16F3NO. The zero-order valence-electron chi connectivity index (χ0n) is 11.3. The highest BCUT2D eigenvalue weighted by Gasteiger charge is 2.32. The summed E-state index contributed by atoms with van der Waals surface area (Å²) >= 11 is 0. The lowest BCUT2D eigenvalue weighted by Gasteiger charge is -2.20. The molecule has 2 nitrogen and oxygen atoms in total. The second-order valence-corrected chi connectivity index (χ2v) is 4.81. The summed E-state index contributed by atoms with van der Waals surface area (Å²) in [6.07, 6.45) is -3.98. The number of halogens is 3. The molecule has 21 heavy (non-hydrogen) atoms. The number of nitrogens with two attached hydrogens (primary N) is 1. The van der Waals surface area contributed by atoms with E-state index in [-0.39, 0.29) is 17.2 Å². The fraction of sp³-hybridized carbons (Fsp3) is 0.250. The van der Waals surface area contributed by atoms with E-state index in [0.29, 0.717) is 13.0 Å². The molecule has 0 saturated heterocycles. The van der Waals surface area contributed by atoms with Gasteiger partial charge in [-0.2, -0.15) is 13.2 Å². The fourth-order valence-corrected chi connectivity index (χ4v) is 2.36. The molecule has 5 heteroatoms. The maximum Gasteiger partial charge on any atom is 0.416 e. The van der Waals surface area contributed by atoms with Crippen molar-refractivity contribution in [2.24, 2.45) is 5.73 Å². The number of alkyl halides is 3. The normalized spacial score (nSPS) is 13.1. The number of aromatic hydroxyl groups is 1. The van der Waals surface area contributed by atoms with Gasteiger partial charge in [-0.1, -0.05) is 30.3 Å². The van der Waals surface area contributed by atoms with E-state index in [0.717, 1.165) is 23.8 Å². The molecule has 0 heterocycles. The summed E-state index contributed by atoms with van der Waals surface area (Å²) in [5.74, 6) is -0.510. The van der Waals surface area contributed by atoms with Crippen LogP contribution in [0, 0.1) is 0 Å². The van der Waals surface area contributed by atoms with Gasteiger partial charge in [0.25, 0.3) is 0 Å². The van der Waals surface area contributed by atoms with Crippen molar-refractivity contribution in [3.63, 3.8) is 0 Å². The molecular weight excluding hydrogens is 279 g/mol. The molecule has 0 bridgehead atoms. The van der Waals surface area contributed by atoms with Gasteiger partial charge in [0.2, 0.25) is 0 Å². The largest absolute Gasteiger partial charge is 0.508 e. The third kappa shape index (κ3) is 3.55. The minimum Gasteiger partial charge on any atom is -0.508 e. The quantitative estimate of drug-likeness (QED) is 0.899. The first-order chi connectivity index (χ1) is 9.93. The molecule has 1 atom stereocenters. The van der Waals surface area contributed by atoms with Crippen molar-refractivity contribution >= 4 is 0 Å². The van der Waals surface area contributed by atoms with Crippen molar-refractivity contribution in [1.82, 2.24) is 0 Å². The number of phenolic OH excluding ortho intramolecular Hbond substituents is 1. The minimum absolute atomic E-state index is 0.148. The maximum absolute atomic E-state index is 12.8. The molecule has 0 aliphatic carbocycles. The first kappa shape index (κ1) is 15.4.